The van der Waals surface area contributed by atoms with Crippen LogP contribution in [0.15, 0.2) is 64.3 Å². The molecule has 176 valence electrons. The Hall–Kier alpha value is -3.17. The average Bonchev–Trinajstić information content (AvgIpc) is 3.51. The molecular weight excluding hydrogens is 453 g/mol. The molecule has 1 fully saturated rings. The number of hydrogen-bond acceptors (Lipinski definition) is 7. The van der Waals surface area contributed by atoms with Gasteiger partial charge in [-0.3, -0.25) is 9.47 Å². The molecule has 1 aliphatic rings. The Balaban J connectivity index is 1.35. The molecule has 0 N–H and O–H groups in total. The van der Waals surface area contributed by atoms with E-state index < -0.39 is 0 Å². The summed E-state index contributed by atoms with van der Waals surface area (Å²) in [6, 6.07) is 16.1. The second kappa shape index (κ2) is 10.4. The van der Waals surface area contributed by atoms with E-state index in [0.29, 0.717) is 5.75 Å². The van der Waals surface area contributed by atoms with Crippen LogP contribution in [0.25, 0.3) is 16.9 Å². The molecule has 4 aromatic rings. The van der Waals surface area contributed by atoms with Gasteiger partial charge in [0.05, 0.1) is 19.4 Å². The molecule has 0 aliphatic carbocycles. The lowest BCUT2D eigenvalue weighted by Crippen LogP contribution is -2.30. The summed E-state index contributed by atoms with van der Waals surface area (Å²) >= 11 is 1.52. The SMILES string of the molecule is COc1ccc(-c2cc(CSc3nnc(CN4CCCCC4)n3-c3ccc(F)cc3)on2)cc1. The van der Waals surface area contributed by atoms with Gasteiger partial charge in [-0.15, -0.1) is 10.2 Å². The topological polar surface area (TPSA) is 69.2 Å². The molecule has 7 nitrogen and oxygen atoms in total. The van der Waals surface area contributed by atoms with Gasteiger partial charge in [-0.05, 0) is 74.5 Å². The van der Waals surface area contributed by atoms with E-state index in [9.17, 15) is 4.39 Å². The Morgan fingerprint density at radius 1 is 1.00 bits per heavy atom. The van der Waals surface area contributed by atoms with Crippen LogP contribution < -0.4 is 4.74 Å². The number of thioether (sulfide) groups is 1. The van der Waals surface area contributed by atoms with E-state index in [2.05, 4.69) is 20.3 Å². The predicted octanol–water partition coefficient (Wildman–Crippen LogP) is 5.35. The molecule has 2 aromatic heterocycles. The number of halogens is 1. The minimum Gasteiger partial charge on any atom is -0.497 e. The van der Waals surface area contributed by atoms with Crippen molar-refractivity contribution in [3.63, 3.8) is 0 Å². The number of aromatic nitrogens is 4. The highest BCUT2D eigenvalue weighted by molar-refractivity contribution is 7.98. The lowest BCUT2D eigenvalue weighted by molar-refractivity contribution is 0.214. The third-order valence-electron chi connectivity index (χ3n) is 5.89. The van der Waals surface area contributed by atoms with Crippen LogP contribution in [-0.4, -0.2) is 45.0 Å². The molecule has 34 heavy (non-hydrogen) atoms. The zero-order chi connectivity index (χ0) is 23.3. The van der Waals surface area contributed by atoms with E-state index in [-0.39, 0.29) is 5.82 Å². The number of piperidine rings is 1. The molecule has 1 saturated heterocycles. The zero-order valence-corrected chi connectivity index (χ0v) is 19.8. The zero-order valence-electron chi connectivity index (χ0n) is 19.0. The van der Waals surface area contributed by atoms with Gasteiger partial charge >= 0.3 is 0 Å². The molecule has 2 aromatic carbocycles. The predicted molar refractivity (Wildman–Crippen MR) is 128 cm³/mol. The fourth-order valence-corrected chi connectivity index (χ4v) is 4.92. The van der Waals surface area contributed by atoms with Crippen molar-refractivity contribution in [3.8, 4) is 22.7 Å². The lowest BCUT2D eigenvalue weighted by atomic mass is 10.1. The Labute approximate surface area is 201 Å². The lowest BCUT2D eigenvalue weighted by Gasteiger charge is -2.26. The van der Waals surface area contributed by atoms with Crippen LogP contribution >= 0.6 is 11.8 Å². The monoisotopic (exact) mass is 479 g/mol. The Morgan fingerprint density at radius 2 is 1.76 bits per heavy atom. The van der Waals surface area contributed by atoms with Crippen molar-refractivity contribution in [2.24, 2.45) is 0 Å². The molecule has 0 spiro atoms. The summed E-state index contributed by atoms with van der Waals surface area (Å²) in [6.45, 7) is 2.84. The number of methoxy groups -OCH3 is 1. The fraction of sp³-hybridized carbons (Fsp3) is 0.320. The van der Waals surface area contributed by atoms with Crippen LogP contribution in [0.5, 0.6) is 5.75 Å². The van der Waals surface area contributed by atoms with Crippen LogP contribution in [0.3, 0.4) is 0 Å². The highest BCUT2D eigenvalue weighted by Crippen LogP contribution is 2.29. The summed E-state index contributed by atoms with van der Waals surface area (Å²) in [5, 5.41) is 13.9. The second-order valence-electron chi connectivity index (χ2n) is 8.24. The van der Waals surface area contributed by atoms with Crippen molar-refractivity contribution in [1.82, 2.24) is 24.8 Å². The van der Waals surface area contributed by atoms with Crippen LogP contribution in [0, 0.1) is 5.82 Å². The van der Waals surface area contributed by atoms with Crippen molar-refractivity contribution >= 4 is 11.8 Å². The number of hydrogen-bond donors (Lipinski definition) is 0. The fourth-order valence-electron chi connectivity index (χ4n) is 4.08. The summed E-state index contributed by atoms with van der Waals surface area (Å²) in [5.41, 5.74) is 2.57. The molecule has 0 bridgehead atoms. The Bertz CT molecular complexity index is 1220. The van der Waals surface area contributed by atoms with Gasteiger partial charge in [0.25, 0.3) is 0 Å². The first kappa shape index (κ1) is 22.6. The summed E-state index contributed by atoms with van der Waals surface area (Å²) in [4.78, 5) is 2.40. The molecule has 0 radical (unpaired) electrons. The van der Waals surface area contributed by atoms with Crippen LogP contribution in [0.4, 0.5) is 4.39 Å². The molecular formula is C25H26FN5O2S. The second-order valence-corrected chi connectivity index (χ2v) is 9.19. The molecule has 0 amide bonds. The van der Waals surface area contributed by atoms with Crippen molar-refractivity contribution in [3.05, 3.63) is 72.0 Å². The number of likely N-dealkylation sites (tertiary alicyclic amines) is 1. The van der Waals surface area contributed by atoms with Gasteiger partial charge in [-0.1, -0.05) is 23.3 Å². The number of rotatable bonds is 8. The van der Waals surface area contributed by atoms with Crippen LogP contribution in [0.1, 0.15) is 30.8 Å². The normalized spacial score (nSPS) is 14.4. The van der Waals surface area contributed by atoms with Gasteiger partial charge in [0.2, 0.25) is 0 Å². The first-order valence-corrected chi connectivity index (χ1v) is 12.3. The molecule has 9 heteroatoms. The molecule has 0 atom stereocenters. The summed E-state index contributed by atoms with van der Waals surface area (Å²) in [7, 11) is 1.64. The van der Waals surface area contributed by atoms with Crippen LogP contribution in [-0.2, 0) is 12.3 Å². The Kier molecular flexibility index (Phi) is 6.92. The van der Waals surface area contributed by atoms with E-state index in [4.69, 9.17) is 9.26 Å². The van der Waals surface area contributed by atoms with E-state index >= 15 is 0 Å². The number of benzene rings is 2. The van der Waals surface area contributed by atoms with Crippen molar-refractivity contribution in [2.75, 3.05) is 20.2 Å². The van der Waals surface area contributed by atoms with Crippen molar-refractivity contribution in [1.29, 1.82) is 0 Å². The van der Waals surface area contributed by atoms with Crippen LogP contribution in [0.2, 0.25) is 0 Å². The minimum atomic E-state index is -0.267. The maximum atomic E-state index is 13.6. The van der Waals surface area contributed by atoms with E-state index in [1.54, 1.807) is 19.2 Å². The van der Waals surface area contributed by atoms with Gasteiger partial charge in [0.1, 0.15) is 23.0 Å². The maximum absolute atomic E-state index is 13.6. The largest absolute Gasteiger partial charge is 0.497 e. The van der Waals surface area contributed by atoms with Gasteiger partial charge in [-0.25, -0.2) is 4.39 Å². The summed E-state index contributed by atoms with van der Waals surface area (Å²) in [5.74, 6) is 2.67. The average molecular weight is 480 g/mol. The highest BCUT2D eigenvalue weighted by atomic mass is 32.2. The molecule has 1 aliphatic heterocycles. The third kappa shape index (κ3) is 5.15. The standard InChI is InChI=1S/C25H26FN5O2S/c1-32-21-11-5-18(6-12-21)23-15-22(33-29-23)17-34-25-28-27-24(16-30-13-3-2-4-14-30)31(25)20-9-7-19(26)8-10-20/h5-12,15H,2-4,13-14,16-17H2,1H3. The first-order valence-electron chi connectivity index (χ1n) is 11.3. The third-order valence-corrected chi connectivity index (χ3v) is 6.84. The molecule has 3 heterocycles. The molecule has 0 saturated carbocycles. The van der Waals surface area contributed by atoms with E-state index in [1.165, 1.54) is 43.2 Å². The quantitative estimate of drug-likeness (QED) is 0.316. The van der Waals surface area contributed by atoms with Crippen molar-refractivity contribution in [2.45, 2.75) is 36.7 Å². The molecule has 0 unspecified atom stereocenters. The maximum Gasteiger partial charge on any atom is 0.196 e. The number of ether oxygens (including phenoxy) is 1. The summed E-state index contributed by atoms with van der Waals surface area (Å²) < 4.78 is 26.4. The van der Waals surface area contributed by atoms with Gasteiger partial charge in [0.15, 0.2) is 11.0 Å². The smallest absolute Gasteiger partial charge is 0.196 e. The van der Waals surface area contributed by atoms with Gasteiger partial charge < -0.3 is 9.26 Å². The van der Waals surface area contributed by atoms with E-state index in [1.807, 2.05) is 34.9 Å². The van der Waals surface area contributed by atoms with E-state index in [0.717, 1.165) is 59.1 Å². The minimum absolute atomic E-state index is 0.267. The number of nitrogens with zero attached hydrogens (tertiary/aromatic N) is 5. The first-order chi connectivity index (χ1) is 16.7. The summed E-state index contributed by atoms with van der Waals surface area (Å²) in [6.07, 6.45) is 3.68. The highest BCUT2D eigenvalue weighted by Gasteiger charge is 2.19. The molecule has 5 rings (SSSR count). The Morgan fingerprint density at radius 3 is 2.50 bits per heavy atom. The van der Waals surface area contributed by atoms with Crippen molar-refractivity contribution < 1.29 is 13.7 Å². The van der Waals surface area contributed by atoms with Gasteiger partial charge in [0, 0.05) is 17.3 Å². The van der Waals surface area contributed by atoms with Gasteiger partial charge in [-0.2, -0.15) is 0 Å².